The minimum absolute atomic E-state index is 0.304. The number of rotatable bonds is 5. The highest BCUT2D eigenvalue weighted by Crippen LogP contribution is 2.33. The second-order valence-electron chi connectivity index (χ2n) is 5.27. The quantitative estimate of drug-likeness (QED) is 0.780. The Morgan fingerprint density at radius 1 is 1.47 bits per heavy atom. The normalized spacial score (nSPS) is 32.2. The van der Waals surface area contributed by atoms with Gasteiger partial charge in [-0.1, -0.05) is 0 Å². The van der Waals surface area contributed by atoms with E-state index >= 15 is 0 Å². The molecule has 98 valence electrons. The summed E-state index contributed by atoms with van der Waals surface area (Å²) in [5, 5.41) is 3.30. The van der Waals surface area contributed by atoms with Gasteiger partial charge in [-0.05, 0) is 38.6 Å². The lowest BCUT2D eigenvalue weighted by atomic mass is 9.79. The van der Waals surface area contributed by atoms with E-state index in [1.54, 1.807) is 0 Å². The second kappa shape index (κ2) is 5.83. The van der Waals surface area contributed by atoms with Crippen LogP contribution in [0.25, 0.3) is 0 Å². The number of carbonyl (C=O) groups excluding carboxylic acids is 1. The highest BCUT2D eigenvalue weighted by Gasteiger charge is 2.33. The van der Waals surface area contributed by atoms with Crippen molar-refractivity contribution in [1.82, 2.24) is 10.2 Å². The molecule has 0 aromatic carbocycles. The maximum atomic E-state index is 12.1. The number of hydrogen-bond donors (Lipinski definition) is 1. The molecule has 2 aliphatic rings. The average Bonchev–Trinajstić information content (AvgIpc) is 2.78. The molecule has 0 aromatic rings. The smallest absolute Gasteiger partial charge is 0.222 e. The fourth-order valence-electron chi connectivity index (χ4n) is 2.78. The molecule has 1 aliphatic carbocycles. The first-order valence-electron chi connectivity index (χ1n) is 6.78. The minimum Gasteiger partial charge on any atom is -0.378 e. The van der Waals surface area contributed by atoms with Gasteiger partial charge >= 0.3 is 0 Å². The lowest BCUT2D eigenvalue weighted by Crippen LogP contribution is -2.41. The molecule has 1 N–H and O–H groups in total. The van der Waals surface area contributed by atoms with Crippen LogP contribution in [0.15, 0.2) is 0 Å². The number of carbonyl (C=O) groups is 1. The van der Waals surface area contributed by atoms with Crippen molar-refractivity contribution >= 4 is 5.91 Å². The summed E-state index contributed by atoms with van der Waals surface area (Å²) >= 11 is 0. The van der Waals surface area contributed by atoms with Crippen molar-refractivity contribution in [2.45, 2.75) is 44.8 Å². The van der Waals surface area contributed by atoms with Crippen LogP contribution in [0, 0.1) is 5.92 Å². The van der Waals surface area contributed by atoms with E-state index in [2.05, 4.69) is 5.32 Å². The highest BCUT2D eigenvalue weighted by molar-refractivity contribution is 5.76. The summed E-state index contributed by atoms with van der Waals surface area (Å²) in [6, 6.07) is 0.408. The molecule has 4 heteroatoms. The van der Waals surface area contributed by atoms with E-state index in [0.29, 0.717) is 30.4 Å². The molecule has 17 heavy (non-hydrogen) atoms. The Morgan fingerprint density at radius 3 is 2.82 bits per heavy atom. The van der Waals surface area contributed by atoms with E-state index < -0.39 is 0 Å². The van der Waals surface area contributed by atoms with Gasteiger partial charge in [-0.2, -0.15) is 0 Å². The van der Waals surface area contributed by atoms with Crippen LogP contribution in [0.3, 0.4) is 0 Å². The fourth-order valence-corrected chi connectivity index (χ4v) is 2.78. The Kier molecular flexibility index (Phi) is 4.40. The van der Waals surface area contributed by atoms with E-state index in [9.17, 15) is 4.79 Å². The summed E-state index contributed by atoms with van der Waals surface area (Å²) in [5.74, 6) is 0.856. The molecule has 2 rings (SSSR count). The molecule has 2 fully saturated rings. The number of amides is 1. The maximum Gasteiger partial charge on any atom is 0.222 e. The van der Waals surface area contributed by atoms with Crippen LogP contribution in [-0.4, -0.2) is 49.7 Å². The Balaban J connectivity index is 1.67. The molecule has 1 saturated heterocycles. The van der Waals surface area contributed by atoms with Gasteiger partial charge < -0.3 is 15.0 Å². The zero-order valence-electron chi connectivity index (χ0n) is 10.9. The number of likely N-dealkylation sites (N-methyl/N-ethyl adjacent to an activating group) is 1. The molecule has 0 radical (unpaired) electrons. The first-order valence-corrected chi connectivity index (χ1v) is 6.78. The van der Waals surface area contributed by atoms with E-state index in [1.165, 1.54) is 0 Å². The van der Waals surface area contributed by atoms with Crippen molar-refractivity contribution in [1.29, 1.82) is 0 Å². The van der Waals surface area contributed by atoms with Crippen molar-refractivity contribution in [3.8, 4) is 0 Å². The summed E-state index contributed by atoms with van der Waals surface area (Å²) in [4.78, 5) is 14.0. The molecular weight excluding hydrogens is 216 g/mol. The van der Waals surface area contributed by atoms with Crippen molar-refractivity contribution in [2.24, 2.45) is 5.92 Å². The van der Waals surface area contributed by atoms with Gasteiger partial charge in [0, 0.05) is 32.7 Å². The molecule has 0 aromatic heterocycles. The van der Waals surface area contributed by atoms with Crippen molar-refractivity contribution in [3.63, 3.8) is 0 Å². The van der Waals surface area contributed by atoms with Crippen LogP contribution < -0.4 is 5.32 Å². The van der Waals surface area contributed by atoms with Gasteiger partial charge in [0.05, 0.1) is 6.10 Å². The minimum atomic E-state index is 0.304. The Bertz CT molecular complexity index is 258. The number of ether oxygens (including phenoxy) is 1. The summed E-state index contributed by atoms with van der Waals surface area (Å²) in [7, 11) is 1.94. The predicted molar refractivity (Wildman–Crippen MR) is 66.8 cm³/mol. The third-order valence-electron chi connectivity index (χ3n) is 4.03. The number of hydrogen-bond acceptors (Lipinski definition) is 3. The van der Waals surface area contributed by atoms with Crippen LogP contribution in [0.5, 0.6) is 0 Å². The third-order valence-corrected chi connectivity index (χ3v) is 4.03. The average molecular weight is 240 g/mol. The van der Waals surface area contributed by atoms with Crippen LogP contribution >= 0.6 is 0 Å². The van der Waals surface area contributed by atoms with Gasteiger partial charge in [0.1, 0.15) is 0 Å². The largest absolute Gasteiger partial charge is 0.378 e. The molecule has 1 heterocycles. The van der Waals surface area contributed by atoms with Crippen molar-refractivity contribution in [2.75, 3.05) is 26.7 Å². The SMILES string of the molecule is CCOC1CC(CC(=O)N(C)C2CCNC2)C1. The molecule has 1 aliphatic heterocycles. The lowest BCUT2D eigenvalue weighted by Gasteiger charge is -2.36. The standard InChI is InChI=1S/C13H24N2O2/c1-3-17-12-6-10(7-12)8-13(16)15(2)11-4-5-14-9-11/h10-12,14H,3-9H2,1-2H3. The Hall–Kier alpha value is -0.610. The first-order chi connectivity index (χ1) is 8.20. The fraction of sp³-hybridized carbons (Fsp3) is 0.923. The van der Waals surface area contributed by atoms with Crippen molar-refractivity contribution < 1.29 is 9.53 Å². The van der Waals surface area contributed by atoms with Gasteiger partial charge in [-0.25, -0.2) is 0 Å². The topological polar surface area (TPSA) is 41.6 Å². The maximum absolute atomic E-state index is 12.1. The van der Waals surface area contributed by atoms with E-state index in [-0.39, 0.29) is 0 Å². The van der Waals surface area contributed by atoms with Crippen LogP contribution in [-0.2, 0) is 9.53 Å². The van der Waals surface area contributed by atoms with Crippen LogP contribution in [0.2, 0.25) is 0 Å². The summed E-state index contributed by atoms with van der Waals surface area (Å²) in [6.45, 7) is 4.81. The molecule has 4 nitrogen and oxygen atoms in total. The van der Waals surface area contributed by atoms with Crippen LogP contribution in [0.4, 0.5) is 0 Å². The summed E-state index contributed by atoms with van der Waals surface area (Å²) < 4.78 is 5.51. The van der Waals surface area contributed by atoms with Gasteiger partial charge in [-0.3, -0.25) is 4.79 Å². The zero-order valence-corrected chi connectivity index (χ0v) is 10.9. The van der Waals surface area contributed by atoms with Crippen LogP contribution in [0.1, 0.15) is 32.6 Å². The Labute approximate surface area is 104 Å². The molecular formula is C13H24N2O2. The molecule has 0 spiro atoms. The predicted octanol–water partition coefficient (Wildman–Crippen LogP) is 1.01. The Morgan fingerprint density at radius 2 is 2.24 bits per heavy atom. The van der Waals surface area contributed by atoms with Gasteiger partial charge in [0.15, 0.2) is 0 Å². The molecule has 0 bridgehead atoms. The van der Waals surface area contributed by atoms with Gasteiger partial charge in [0.2, 0.25) is 5.91 Å². The van der Waals surface area contributed by atoms with Crippen molar-refractivity contribution in [3.05, 3.63) is 0 Å². The molecule has 1 unspecified atom stereocenters. The van der Waals surface area contributed by atoms with E-state index in [1.807, 2.05) is 18.9 Å². The first kappa shape index (κ1) is 12.8. The second-order valence-corrected chi connectivity index (χ2v) is 5.27. The summed E-state index contributed by atoms with van der Waals surface area (Å²) in [6.07, 6.45) is 4.34. The van der Waals surface area contributed by atoms with Gasteiger partial charge in [-0.15, -0.1) is 0 Å². The third kappa shape index (κ3) is 3.19. The van der Waals surface area contributed by atoms with E-state index in [0.717, 1.165) is 39.0 Å². The number of nitrogens with one attached hydrogen (secondary N) is 1. The molecule has 1 atom stereocenters. The highest BCUT2D eigenvalue weighted by atomic mass is 16.5. The van der Waals surface area contributed by atoms with Gasteiger partial charge in [0.25, 0.3) is 0 Å². The van der Waals surface area contributed by atoms with E-state index in [4.69, 9.17) is 4.74 Å². The lowest BCUT2D eigenvalue weighted by molar-refractivity contribution is -0.134. The molecule has 1 amide bonds. The molecule has 1 saturated carbocycles. The number of nitrogens with zero attached hydrogens (tertiary/aromatic N) is 1. The monoisotopic (exact) mass is 240 g/mol. The zero-order chi connectivity index (χ0) is 12.3. The summed E-state index contributed by atoms with van der Waals surface area (Å²) in [5.41, 5.74) is 0.